The molecule has 3 aromatic heterocycles. The molecule has 160 valence electrons. The van der Waals surface area contributed by atoms with E-state index in [2.05, 4.69) is 33.6 Å². The molecule has 0 amide bonds. The first-order chi connectivity index (χ1) is 15.2. The molecule has 4 aromatic rings. The molecule has 31 heavy (non-hydrogen) atoms. The van der Waals surface area contributed by atoms with Gasteiger partial charge in [-0.2, -0.15) is 9.97 Å². The van der Waals surface area contributed by atoms with E-state index in [0.717, 1.165) is 76.6 Å². The highest BCUT2D eigenvalue weighted by molar-refractivity contribution is 7.09. The van der Waals surface area contributed by atoms with Gasteiger partial charge < -0.3 is 19.9 Å². The van der Waals surface area contributed by atoms with Gasteiger partial charge in [-0.25, -0.2) is 4.98 Å². The average molecular weight is 435 g/mol. The van der Waals surface area contributed by atoms with Crippen LogP contribution >= 0.6 is 11.3 Å². The number of ether oxygens (including phenoxy) is 1. The molecule has 0 unspecified atom stereocenters. The normalized spacial score (nSPS) is 13.8. The quantitative estimate of drug-likeness (QED) is 0.441. The zero-order valence-corrected chi connectivity index (χ0v) is 18.6. The Morgan fingerprint density at radius 2 is 1.94 bits per heavy atom. The Balaban J connectivity index is 1.29. The van der Waals surface area contributed by atoms with Crippen LogP contribution in [0.4, 0.5) is 11.8 Å². The predicted molar refractivity (Wildman–Crippen MR) is 126 cm³/mol. The lowest BCUT2D eigenvalue weighted by atomic mass is 10.2. The molecule has 0 radical (unpaired) electrons. The van der Waals surface area contributed by atoms with E-state index < -0.39 is 0 Å². The van der Waals surface area contributed by atoms with Gasteiger partial charge in [-0.3, -0.25) is 0 Å². The van der Waals surface area contributed by atoms with Crippen LogP contribution in [-0.4, -0.2) is 46.7 Å². The summed E-state index contributed by atoms with van der Waals surface area (Å²) in [7, 11) is 1.68. The number of hydrogen-bond acceptors (Lipinski definition) is 7. The molecule has 7 nitrogen and oxygen atoms in total. The van der Waals surface area contributed by atoms with Crippen molar-refractivity contribution in [1.82, 2.24) is 19.9 Å². The maximum Gasteiger partial charge on any atom is 0.229 e. The fourth-order valence-electron chi connectivity index (χ4n) is 3.93. The summed E-state index contributed by atoms with van der Waals surface area (Å²) in [5, 5.41) is 7.79. The fraction of sp³-hybridized carbons (Fsp3) is 0.348. The molecule has 0 bridgehead atoms. The van der Waals surface area contributed by atoms with E-state index in [1.807, 2.05) is 24.3 Å². The summed E-state index contributed by atoms with van der Waals surface area (Å²) in [4.78, 5) is 20.0. The third-order valence-electron chi connectivity index (χ3n) is 5.57. The predicted octanol–water partition coefficient (Wildman–Crippen LogP) is 4.65. The Kier molecular flexibility index (Phi) is 5.46. The molecule has 0 spiro atoms. The maximum atomic E-state index is 5.24. The van der Waals surface area contributed by atoms with E-state index in [1.54, 1.807) is 18.4 Å². The van der Waals surface area contributed by atoms with E-state index in [0.29, 0.717) is 0 Å². The molecular formula is C23H26N6OS. The Bertz CT molecular complexity index is 1180. The third-order valence-corrected chi connectivity index (χ3v) is 6.48. The van der Waals surface area contributed by atoms with Crippen molar-refractivity contribution in [1.29, 1.82) is 0 Å². The third kappa shape index (κ3) is 4.20. The van der Waals surface area contributed by atoms with Crippen LogP contribution in [0.2, 0.25) is 0 Å². The maximum absolute atomic E-state index is 5.24. The van der Waals surface area contributed by atoms with Gasteiger partial charge in [0.2, 0.25) is 5.95 Å². The number of rotatable bonds is 7. The number of nitrogens with one attached hydrogen (secondary N) is 2. The van der Waals surface area contributed by atoms with Crippen molar-refractivity contribution in [2.75, 3.05) is 37.0 Å². The Morgan fingerprint density at radius 1 is 1.13 bits per heavy atom. The van der Waals surface area contributed by atoms with Crippen LogP contribution in [0.3, 0.4) is 0 Å². The van der Waals surface area contributed by atoms with Gasteiger partial charge in [0.25, 0.3) is 0 Å². The van der Waals surface area contributed by atoms with Crippen LogP contribution in [-0.2, 0) is 6.42 Å². The number of aromatic amines is 1. The van der Waals surface area contributed by atoms with E-state index in [9.17, 15) is 0 Å². The SMILES string of the molecule is COc1ccc(-c2csc(CCNc3nc(N4CCCC4)nc4[nH]c(C)cc34)n2)cc1. The lowest BCUT2D eigenvalue weighted by molar-refractivity contribution is 0.415. The smallest absolute Gasteiger partial charge is 0.229 e. The number of nitrogens with zero attached hydrogens (tertiary/aromatic N) is 4. The molecule has 1 aliphatic rings. The molecule has 1 aliphatic heterocycles. The van der Waals surface area contributed by atoms with Gasteiger partial charge in [-0.1, -0.05) is 0 Å². The van der Waals surface area contributed by atoms with Crippen molar-refractivity contribution in [3.8, 4) is 17.0 Å². The first kappa shape index (κ1) is 19.8. The number of H-pyrrole nitrogens is 1. The lowest BCUT2D eigenvalue weighted by Crippen LogP contribution is -2.21. The van der Waals surface area contributed by atoms with Crippen LogP contribution in [0.5, 0.6) is 5.75 Å². The molecule has 5 rings (SSSR count). The first-order valence-electron chi connectivity index (χ1n) is 10.6. The molecule has 0 aliphatic carbocycles. The molecule has 2 N–H and O–H groups in total. The molecule has 1 fully saturated rings. The summed E-state index contributed by atoms with van der Waals surface area (Å²) in [6.45, 7) is 4.87. The van der Waals surface area contributed by atoms with E-state index in [4.69, 9.17) is 19.7 Å². The number of benzene rings is 1. The minimum atomic E-state index is 0.769. The number of methoxy groups -OCH3 is 1. The van der Waals surface area contributed by atoms with Crippen molar-refractivity contribution >= 4 is 34.1 Å². The summed E-state index contributed by atoms with van der Waals surface area (Å²) < 4.78 is 5.24. The Morgan fingerprint density at radius 3 is 2.71 bits per heavy atom. The van der Waals surface area contributed by atoms with Gasteiger partial charge in [0.15, 0.2) is 0 Å². The van der Waals surface area contributed by atoms with Gasteiger partial charge >= 0.3 is 0 Å². The van der Waals surface area contributed by atoms with Crippen molar-refractivity contribution in [3.05, 3.63) is 46.4 Å². The number of hydrogen-bond donors (Lipinski definition) is 2. The highest BCUT2D eigenvalue weighted by atomic mass is 32.1. The van der Waals surface area contributed by atoms with Gasteiger partial charge in [-0.15, -0.1) is 11.3 Å². The fourth-order valence-corrected chi connectivity index (χ4v) is 4.74. The molecule has 0 saturated carbocycles. The molecule has 1 aromatic carbocycles. The summed E-state index contributed by atoms with van der Waals surface area (Å²) in [6.07, 6.45) is 3.25. The zero-order valence-electron chi connectivity index (χ0n) is 17.8. The topological polar surface area (TPSA) is 79.0 Å². The first-order valence-corrected chi connectivity index (χ1v) is 11.5. The van der Waals surface area contributed by atoms with Crippen LogP contribution < -0.4 is 15.0 Å². The second-order valence-corrected chi connectivity index (χ2v) is 8.76. The molecule has 0 atom stereocenters. The second-order valence-electron chi connectivity index (χ2n) is 7.81. The number of aryl methyl sites for hydroxylation is 1. The van der Waals surface area contributed by atoms with Gasteiger partial charge in [0, 0.05) is 42.7 Å². The van der Waals surface area contributed by atoms with Gasteiger partial charge in [0.1, 0.15) is 17.2 Å². The monoisotopic (exact) mass is 434 g/mol. The summed E-state index contributed by atoms with van der Waals surface area (Å²) in [5.74, 6) is 2.56. The average Bonchev–Trinajstić information content (AvgIpc) is 3.54. The van der Waals surface area contributed by atoms with Crippen LogP contribution in [0, 0.1) is 6.92 Å². The minimum Gasteiger partial charge on any atom is -0.497 e. The molecule has 1 saturated heterocycles. The van der Waals surface area contributed by atoms with Crippen molar-refractivity contribution in [2.24, 2.45) is 0 Å². The van der Waals surface area contributed by atoms with E-state index in [1.165, 1.54) is 12.8 Å². The summed E-state index contributed by atoms with van der Waals surface area (Å²) in [5.41, 5.74) is 4.10. The van der Waals surface area contributed by atoms with Gasteiger partial charge in [-0.05, 0) is 50.1 Å². The number of anilines is 2. The lowest BCUT2D eigenvalue weighted by Gasteiger charge is -2.16. The number of thiazole rings is 1. The molecule has 4 heterocycles. The standard InChI is InChI=1S/C23H26N6OS/c1-15-13-18-21(27-23(28-22(18)25-15)29-11-3-4-12-29)24-10-9-20-26-19(14-31-20)16-5-7-17(30-2)8-6-16/h5-8,13-14H,3-4,9-12H2,1-2H3,(H2,24,25,27,28). The minimum absolute atomic E-state index is 0.769. The number of fused-ring (bicyclic) bond motifs is 1. The van der Waals surface area contributed by atoms with Crippen molar-refractivity contribution < 1.29 is 4.74 Å². The highest BCUT2D eigenvalue weighted by Crippen LogP contribution is 2.27. The number of aromatic nitrogens is 4. The van der Waals surface area contributed by atoms with Crippen LogP contribution in [0.25, 0.3) is 22.3 Å². The second kappa shape index (κ2) is 8.55. The Labute approximate surface area is 185 Å². The molecular weight excluding hydrogens is 408 g/mol. The van der Waals surface area contributed by atoms with Crippen molar-refractivity contribution in [2.45, 2.75) is 26.2 Å². The highest BCUT2D eigenvalue weighted by Gasteiger charge is 2.18. The zero-order chi connectivity index (χ0) is 21.2. The Hall–Kier alpha value is -3.13. The van der Waals surface area contributed by atoms with E-state index >= 15 is 0 Å². The van der Waals surface area contributed by atoms with Crippen molar-refractivity contribution in [3.63, 3.8) is 0 Å². The molecule has 8 heteroatoms. The van der Waals surface area contributed by atoms with Crippen LogP contribution in [0.1, 0.15) is 23.5 Å². The summed E-state index contributed by atoms with van der Waals surface area (Å²) in [6, 6.07) is 10.1. The summed E-state index contributed by atoms with van der Waals surface area (Å²) >= 11 is 1.69. The van der Waals surface area contributed by atoms with Gasteiger partial charge in [0.05, 0.1) is 23.2 Å². The van der Waals surface area contributed by atoms with E-state index in [-0.39, 0.29) is 0 Å². The largest absolute Gasteiger partial charge is 0.497 e. The van der Waals surface area contributed by atoms with Crippen LogP contribution in [0.15, 0.2) is 35.7 Å².